The van der Waals surface area contributed by atoms with Crippen LogP contribution in [0.25, 0.3) is 16.7 Å². The van der Waals surface area contributed by atoms with E-state index in [4.69, 9.17) is 0 Å². The Morgan fingerprint density at radius 1 is 1.14 bits per heavy atom. The summed E-state index contributed by atoms with van der Waals surface area (Å²) in [5.74, 6) is -2.31. The summed E-state index contributed by atoms with van der Waals surface area (Å²) in [6.07, 6.45) is 4.34. The molecule has 2 aromatic carbocycles. The number of amides is 3. The van der Waals surface area contributed by atoms with Gasteiger partial charge in [0.1, 0.15) is 11.6 Å². The lowest BCUT2D eigenvalue weighted by Gasteiger charge is -2.34. The Labute approximate surface area is 250 Å². The van der Waals surface area contributed by atoms with Crippen LogP contribution in [-0.2, 0) is 14.3 Å². The number of ether oxygens (including phenoxy) is 1. The molecule has 0 spiro atoms. The SMILES string of the molecule is COC(=O)Nc1ccc2c(c1)NC(=O)C(C)CCCC(N1CCC(c3c(F)ccc(Br)c3F)=CC1=O)c1cc-2ccn1. The van der Waals surface area contributed by atoms with Crippen LogP contribution >= 0.6 is 15.9 Å². The van der Waals surface area contributed by atoms with Crippen molar-refractivity contribution in [3.05, 3.63) is 82.1 Å². The molecule has 2 atom stereocenters. The number of rotatable bonds is 3. The summed E-state index contributed by atoms with van der Waals surface area (Å²) in [5, 5.41) is 5.61. The van der Waals surface area contributed by atoms with E-state index in [2.05, 4.69) is 36.3 Å². The molecule has 2 bridgehead atoms. The maximum Gasteiger partial charge on any atom is 0.411 e. The fourth-order valence-electron chi connectivity index (χ4n) is 5.40. The van der Waals surface area contributed by atoms with Crippen LogP contribution < -0.4 is 10.6 Å². The number of halogens is 3. The van der Waals surface area contributed by atoms with Crippen molar-refractivity contribution in [3.8, 4) is 11.1 Å². The average molecular weight is 639 g/mol. The molecule has 2 aliphatic heterocycles. The topological polar surface area (TPSA) is 101 Å². The van der Waals surface area contributed by atoms with E-state index in [0.29, 0.717) is 47.5 Å². The molecule has 0 aliphatic carbocycles. The number of nitrogens with zero attached hydrogens (tertiary/aromatic N) is 2. The summed E-state index contributed by atoms with van der Waals surface area (Å²) in [5.41, 5.74) is 3.20. The second-order valence-corrected chi connectivity index (χ2v) is 11.2. The highest BCUT2D eigenvalue weighted by atomic mass is 79.9. The van der Waals surface area contributed by atoms with Gasteiger partial charge >= 0.3 is 6.09 Å². The summed E-state index contributed by atoms with van der Waals surface area (Å²) in [6, 6.07) is 10.9. The zero-order valence-corrected chi connectivity index (χ0v) is 24.6. The van der Waals surface area contributed by atoms with E-state index in [9.17, 15) is 23.2 Å². The first kappa shape index (κ1) is 29.4. The lowest BCUT2D eigenvalue weighted by Crippen LogP contribution is -2.38. The number of carbonyl (C=O) groups is 3. The van der Waals surface area contributed by atoms with Gasteiger partial charge in [-0.25, -0.2) is 13.6 Å². The van der Waals surface area contributed by atoms with E-state index in [0.717, 1.165) is 5.56 Å². The van der Waals surface area contributed by atoms with Gasteiger partial charge in [0.2, 0.25) is 11.8 Å². The molecule has 2 aliphatic rings. The van der Waals surface area contributed by atoms with Crippen molar-refractivity contribution in [1.29, 1.82) is 0 Å². The second-order valence-electron chi connectivity index (χ2n) is 10.4. The van der Waals surface area contributed by atoms with Crippen LogP contribution in [-0.4, -0.2) is 41.4 Å². The standard InChI is InChI=1S/C31H29BrF2N4O4/c1-17-4-3-5-26(38-13-11-19(15-27(38)39)28-23(33)9-8-22(32)29(28)34)25-14-18(10-12-35-25)21-7-6-20(36-31(41)42-2)16-24(21)37-30(17)40/h6-10,12,14-17,26H,3-5,11,13H2,1-2H3,(H,36,41)(H,37,40). The van der Waals surface area contributed by atoms with Gasteiger partial charge in [0.15, 0.2) is 0 Å². The molecule has 2 unspecified atom stereocenters. The number of hydrogen-bond donors (Lipinski definition) is 2. The van der Waals surface area contributed by atoms with E-state index >= 15 is 0 Å². The van der Waals surface area contributed by atoms with Gasteiger partial charge in [0.05, 0.1) is 34.6 Å². The fourth-order valence-corrected chi connectivity index (χ4v) is 5.73. The predicted octanol–water partition coefficient (Wildman–Crippen LogP) is 7.08. The molecule has 0 saturated heterocycles. The van der Waals surface area contributed by atoms with Crippen LogP contribution in [0.4, 0.5) is 25.0 Å². The number of hydrogen-bond acceptors (Lipinski definition) is 5. The van der Waals surface area contributed by atoms with Crippen molar-refractivity contribution in [2.45, 2.75) is 38.6 Å². The molecule has 3 aromatic rings. The van der Waals surface area contributed by atoms with Gasteiger partial charge in [-0.05, 0) is 82.7 Å². The third-order valence-electron chi connectivity index (χ3n) is 7.65. The number of nitrogens with one attached hydrogen (secondary N) is 2. The van der Waals surface area contributed by atoms with Crippen molar-refractivity contribution in [3.63, 3.8) is 0 Å². The van der Waals surface area contributed by atoms with Crippen LogP contribution in [0.2, 0.25) is 0 Å². The van der Waals surface area contributed by atoms with Gasteiger partial charge in [-0.1, -0.05) is 19.4 Å². The Morgan fingerprint density at radius 3 is 2.71 bits per heavy atom. The number of methoxy groups -OCH3 is 1. The zero-order valence-electron chi connectivity index (χ0n) is 23.0. The molecule has 218 valence electrons. The summed E-state index contributed by atoms with van der Waals surface area (Å²) in [4.78, 5) is 44.7. The van der Waals surface area contributed by atoms with E-state index < -0.39 is 23.8 Å². The number of pyridine rings is 1. The minimum absolute atomic E-state index is 0.127. The zero-order chi connectivity index (χ0) is 30.0. The number of benzene rings is 2. The highest BCUT2D eigenvalue weighted by Gasteiger charge is 2.31. The Morgan fingerprint density at radius 2 is 1.95 bits per heavy atom. The van der Waals surface area contributed by atoms with Gasteiger partial charge in [0.25, 0.3) is 0 Å². The van der Waals surface area contributed by atoms with Crippen molar-refractivity contribution in [2.24, 2.45) is 5.92 Å². The normalized spacial score (nSPS) is 19.1. The highest BCUT2D eigenvalue weighted by molar-refractivity contribution is 9.10. The smallest absolute Gasteiger partial charge is 0.411 e. The molecule has 11 heteroatoms. The Hall–Kier alpha value is -4.12. The maximum absolute atomic E-state index is 14.8. The van der Waals surface area contributed by atoms with Crippen molar-refractivity contribution >= 4 is 50.8 Å². The number of carbonyl (C=O) groups excluding carboxylic acids is 3. The Balaban J connectivity index is 1.52. The van der Waals surface area contributed by atoms with Crippen molar-refractivity contribution in [2.75, 3.05) is 24.3 Å². The fraction of sp³-hybridized carbons (Fsp3) is 0.290. The van der Waals surface area contributed by atoms with Gasteiger partial charge in [0, 0.05) is 36.0 Å². The molecule has 3 heterocycles. The summed E-state index contributed by atoms with van der Waals surface area (Å²) in [7, 11) is 1.27. The minimum atomic E-state index is -0.737. The van der Waals surface area contributed by atoms with Crippen molar-refractivity contribution in [1.82, 2.24) is 9.88 Å². The van der Waals surface area contributed by atoms with Crippen LogP contribution in [0.1, 0.15) is 49.9 Å². The lowest BCUT2D eigenvalue weighted by molar-refractivity contribution is -0.129. The largest absolute Gasteiger partial charge is 0.453 e. The summed E-state index contributed by atoms with van der Waals surface area (Å²) < 4.78 is 34.2. The van der Waals surface area contributed by atoms with E-state index in [1.165, 1.54) is 25.3 Å². The first-order chi connectivity index (χ1) is 20.2. The molecule has 8 nitrogen and oxygen atoms in total. The molecule has 5 rings (SSSR count). The van der Waals surface area contributed by atoms with E-state index in [-0.39, 0.29) is 40.7 Å². The van der Waals surface area contributed by atoms with Crippen LogP contribution in [0.15, 0.2) is 59.2 Å². The number of aromatic nitrogens is 1. The molecule has 0 fully saturated rings. The first-order valence-electron chi connectivity index (χ1n) is 13.6. The van der Waals surface area contributed by atoms with E-state index in [1.54, 1.807) is 29.3 Å². The lowest BCUT2D eigenvalue weighted by atomic mass is 9.92. The third kappa shape index (κ3) is 6.06. The highest BCUT2D eigenvalue weighted by Crippen LogP contribution is 2.38. The van der Waals surface area contributed by atoms with Crippen LogP contribution in [0, 0.1) is 17.6 Å². The van der Waals surface area contributed by atoms with Gasteiger partial charge in [-0.3, -0.25) is 19.9 Å². The summed E-state index contributed by atoms with van der Waals surface area (Å²) in [6.45, 7) is 2.09. The van der Waals surface area contributed by atoms with Crippen molar-refractivity contribution < 1.29 is 27.9 Å². The average Bonchev–Trinajstić information content (AvgIpc) is 2.97. The maximum atomic E-state index is 14.8. The number of fused-ring (bicyclic) bond motifs is 4. The third-order valence-corrected chi connectivity index (χ3v) is 8.26. The molecule has 3 amide bonds. The minimum Gasteiger partial charge on any atom is -0.453 e. The Bertz CT molecular complexity index is 1600. The van der Waals surface area contributed by atoms with Crippen LogP contribution in [0.5, 0.6) is 0 Å². The number of anilines is 2. The van der Waals surface area contributed by atoms with Gasteiger partial charge in [-0.2, -0.15) is 0 Å². The molecular weight excluding hydrogens is 610 g/mol. The summed E-state index contributed by atoms with van der Waals surface area (Å²) >= 11 is 3.10. The molecule has 2 N–H and O–H groups in total. The second kappa shape index (κ2) is 12.4. The van der Waals surface area contributed by atoms with Gasteiger partial charge < -0.3 is 15.0 Å². The molecule has 42 heavy (non-hydrogen) atoms. The van der Waals surface area contributed by atoms with Gasteiger partial charge in [-0.15, -0.1) is 0 Å². The Kier molecular flexibility index (Phi) is 8.67. The molecule has 0 saturated carbocycles. The quantitative estimate of drug-likeness (QED) is 0.299. The van der Waals surface area contributed by atoms with E-state index in [1.807, 2.05) is 19.1 Å². The first-order valence-corrected chi connectivity index (χ1v) is 14.4. The predicted molar refractivity (Wildman–Crippen MR) is 158 cm³/mol. The molecule has 0 radical (unpaired) electrons. The monoisotopic (exact) mass is 638 g/mol. The van der Waals surface area contributed by atoms with Crippen LogP contribution in [0.3, 0.4) is 0 Å². The molecular formula is C31H29BrF2N4O4. The molecule has 1 aromatic heterocycles.